The number of nitrogens with two attached hydrogens (primary N) is 1. The summed E-state index contributed by atoms with van der Waals surface area (Å²) in [4.78, 5) is 17.3. The molecule has 3 aromatic carbocycles. The largest absolute Gasteiger partial charge is 0.328 e. The quantitative estimate of drug-likeness (QED) is 0.414. The molecule has 0 saturated carbocycles. The number of anilines is 1. The van der Waals surface area contributed by atoms with E-state index in [0.29, 0.717) is 18.5 Å². The van der Waals surface area contributed by atoms with E-state index in [2.05, 4.69) is 22.4 Å². The SMILES string of the molecule is CCn1c(CCC(=O)Nc2ccccc2Cc2ccccc2)nc2cc(S(N)(=O)=O)ccc21. The highest BCUT2D eigenvalue weighted by Gasteiger charge is 2.15. The second-order valence-corrected chi connectivity index (χ2v) is 9.40. The first-order valence-corrected chi connectivity index (χ1v) is 12.3. The smallest absolute Gasteiger partial charge is 0.238 e. The molecule has 0 bridgehead atoms. The number of hydrogen-bond donors (Lipinski definition) is 2. The van der Waals surface area contributed by atoms with E-state index in [-0.39, 0.29) is 17.2 Å². The number of para-hydroxylation sites is 1. The summed E-state index contributed by atoms with van der Waals surface area (Å²) in [5.41, 5.74) is 4.39. The molecule has 8 heteroatoms. The third-order valence-corrected chi connectivity index (χ3v) is 6.46. The molecule has 1 heterocycles. The van der Waals surface area contributed by atoms with Crippen molar-refractivity contribution in [1.82, 2.24) is 9.55 Å². The van der Waals surface area contributed by atoms with Gasteiger partial charge in [0.15, 0.2) is 0 Å². The number of hydrogen-bond acceptors (Lipinski definition) is 4. The van der Waals surface area contributed by atoms with Crippen LogP contribution in [0.1, 0.15) is 30.3 Å². The van der Waals surface area contributed by atoms with Crippen LogP contribution in [0.2, 0.25) is 0 Å². The lowest BCUT2D eigenvalue weighted by molar-refractivity contribution is -0.116. The maximum Gasteiger partial charge on any atom is 0.238 e. The van der Waals surface area contributed by atoms with E-state index in [1.807, 2.05) is 54.0 Å². The van der Waals surface area contributed by atoms with Crippen LogP contribution in [-0.2, 0) is 34.2 Å². The molecule has 170 valence electrons. The highest BCUT2D eigenvalue weighted by atomic mass is 32.2. The van der Waals surface area contributed by atoms with E-state index in [9.17, 15) is 13.2 Å². The van der Waals surface area contributed by atoms with Crippen molar-refractivity contribution < 1.29 is 13.2 Å². The third kappa shape index (κ3) is 5.30. The van der Waals surface area contributed by atoms with Crippen LogP contribution in [-0.4, -0.2) is 23.9 Å². The lowest BCUT2D eigenvalue weighted by Crippen LogP contribution is -2.15. The van der Waals surface area contributed by atoms with Crippen molar-refractivity contribution >= 4 is 32.7 Å². The van der Waals surface area contributed by atoms with Gasteiger partial charge < -0.3 is 9.88 Å². The van der Waals surface area contributed by atoms with Gasteiger partial charge in [-0.05, 0) is 48.7 Å². The fourth-order valence-corrected chi connectivity index (χ4v) is 4.46. The molecule has 1 amide bonds. The van der Waals surface area contributed by atoms with Gasteiger partial charge in [-0.3, -0.25) is 4.79 Å². The number of aryl methyl sites for hydroxylation is 2. The first kappa shape index (κ1) is 22.7. The van der Waals surface area contributed by atoms with Crippen molar-refractivity contribution in [3.8, 4) is 0 Å². The van der Waals surface area contributed by atoms with Crippen molar-refractivity contribution in [3.63, 3.8) is 0 Å². The molecule has 0 spiro atoms. The molecule has 0 atom stereocenters. The van der Waals surface area contributed by atoms with Gasteiger partial charge in [-0.25, -0.2) is 18.5 Å². The summed E-state index contributed by atoms with van der Waals surface area (Å²) in [6.45, 7) is 2.64. The van der Waals surface area contributed by atoms with E-state index in [0.717, 1.165) is 29.0 Å². The van der Waals surface area contributed by atoms with E-state index in [1.165, 1.54) is 17.7 Å². The number of nitrogens with one attached hydrogen (secondary N) is 1. The number of carbonyl (C=O) groups excluding carboxylic acids is 1. The third-order valence-electron chi connectivity index (χ3n) is 5.55. The Bertz CT molecular complexity index is 1400. The lowest BCUT2D eigenvalue weighted by Gasteiger charge is -2.12. The standard InChI is InChI=1S/C25H26N4O3S/c1-2-29-23-13-12-20(33(26,31)32)17-22(23)27-24(29)14-15-25(30)28-21-11-7-6-10-19(21)16-18-8-4-3-5-9-18/h3-13,17H,2,14-16H2,1H3,(H,28,30)(H2,26,31,32). The molecule has 1 aromatic heterocycles. The molecule has 0 fully saturated rings. The monoisotopic (exact) mass is 462 g/mol. The Morgan fingerprint density at radius 2 is 1.76 bits per heavy atom. The molecule has 7 nitrogen and oxygen atoms in total. The van der Waals surface area contributed by atoms with Gasteiger partial charge in [0.2, 0.25) is 15.9 Å². The molecule has 4 aromatic rings. The van der Waals surface area contributed by atoms with Gasteiger partial charge in [-0.2, -0.15) is 0 Å². The topological polar surface area (TPSA) is 107 Å². The van der Waals surface area contributed by atoms with E-state index < -0.39 is 10.0 Å². The van der Waals surface area contributed by atoms with Crippen LogP contribution in [0.25, 0.3) is 11.0 Å². The zero-order valence-corrected chi connectivity index (χ0v) is 19.2. The van der Waals surface area contributed by atoms with Crippen molar-refractivity contribution in [1.29, 1.82) is 0 Å². The summed E-state index contributed by atoms with van der Waals surface area (Å²) in [7, 11) is -3.81. The minimum Gasteiger partial charge on any atom is -0.328 e. The fraction of sp³-hybridized carbons (Fsp3) is 0.200. The highest BCUT2D eigenvalue weighted by Crippen LogP contribution is 2.22. The Hall–Kier alpha value is -3.49. The van der Waals surface area contributed by atoms with E-state index in [4.69, 9.17) is 5.14 Å². The number of nitrogens with zero attached hydrogens (tertiary/aromatic N) is 2. The normalized spacial score (nSPS) is 11.6. The van der Waals surface area contributed by atoms with Crippen LogP contribution in [0.3, 0.4) is 0 Å². The maximum absolute atomic E-state index is 12.7. The van der Waals surface area contributed by atoms with E-state index >= 15 is 0 Å². The number of benzene rings is 3. The van der Waals surface area contributed by atoms with E-state index in [1.54, 1.807) is 6.07 Å². The van der Waals surface area contributed by atoms with Crippen LogP contribution >= 0.6 is 0 Å². The summed E-state index contributed by atoms with van der Waals surface area (Å²) < 4.78 is 25.3. The number of rotatable bonds is 8. The van der Waals surface area contributed by atoms with Gasteiger partial charge in [-0.15, -0.1) is 0 Å². The van der Waals surface area contributed by atoms with Gasteiger partial charge in [0.25, 0.3) is 0 Å². The van der Waals surface area contributed by atoms with Crippen molar-refractivity contribution in [2.75, 3.05) is 5.32 Å². The summed E-state index contributed by atoms with van der Waals surface area (Å²) >= 11 is 0. The van der Waals surface area contributed by atoms with Crippen molar-refractivity contribution in [2.45, 2.75) is 37.6 Å². The van der Waals surface area contributed by atoms with Crippen LogP contribution in [0, 0.1) is 0 Å². The Balaban J connectivity index is 1.48. The number of primary sulfonamides is 1. The van der Waals surface area contributed by atoms with Crippen LogP contribution in [0.15, 0.2) is 77.7 Å². The Morgan fingerprint density at radius 1 is 1.03 bits per heavy atom. The number of sulfonamides is 1. The van der Waals surface area contributed by atoms with Crippen LogP contribution < -0.4 is 10.5 Å². The van der Waals surface area contributed by atoms with Gasteiger partial charge in [0.05, 0.1) is 15.9 Å². The van der Waals surface area contributed by atoms with Gasteiger partial charge in [-0.1, -0.05) is 48.5 Å². The first-order chi connectivity index (χ1) is 15.8. The second kappa shape index (κ2) is 9.56. The zero-order chi connectivity index (χ0) is 23.4. The summed E-state index contributed by atoms with van der Waals surface area (Å²) in [5.74, 6) is 0.627. The highest BCUT2D eigenvalue weighted by molar-refractivity contribution is 7.89. The Kier molecular flexibility index (Phi) is 6.57. The molecule has 0 aliphatic carbocycles. The Labute approximate surface area is 193 Å². The average molecular weight is 463 g/mol. The predicted molar refractivity (Wildman–Crippen MR) is 129 cm³/mol. The first-order valence-electron chi connectivity index (χ1n) is 10.8. The molecule has 0 unspecified atom stereocenters. The molecule has 0 aliphatic heterocycles. The molecule has 33 heavy (non-hydrogen) atoms. The summed E-state index contributed by atoms with van der Waals surface area (Å²) in [5, 5.41) is 8.27. The number of imidazole rings is 1. The number of fused-ring (bicyclic) bond motifs is 1. The minimum atomic E-state index is -3.81. The molecule has 0 saturated heterocycles. The zero-order valence-electron chi connectivity index (χ0n) is 18.4. The number of amides is 1. The molecule has 0 radical (unpaired) electrons. The minimum absolute atomic E-state index is 0.0232. The summed E-state index contributed by atoms with van der Waals surface area (Å²) in [6.07, 6.45) is 1.42. The molecular weight excluding hydrogens is 436 g/mol. The van der Waals surface area contributed by atoms with Gasteiger partial charge >= 0.3 is 0 Å². The van der Waals surface area contributed by atoms with Crippen molar-refractivity contribution in [3.05, 3.63) is 89.7 Å². The molecule has 3 N–H and O–H groups in total. The summed E-state index contributed by atoms with van der Waals surface area (Å²) in [6, 6.07) is 22.6. The van der Waals surface area contributed by atoms with Gasteiger partial charge in [0, 0.05) is 25.1 Å². The molecule has 4 rings (SSSR count). The average Bonchev–Trinajstić information content (AvgIpc) is 3.16. The number of aromatic nitrogens is 2. The fourth-order valence-electron chi connectivity index (χ4n) is 3.93. The van der Waals surface area contributed by atoms with Crippen molar-refractivity contribution in [2.24, 2.45) is 5.14 Å². The number of carbonyl (C=O) groups is 1. The predicted octanol–water partition coefficient (Wildman–Crippen LogP) is 3.87. The lowest BCUT2D eigenvalue weighted by atomic mass is 10.0. The molecular formula is C25H26N4O3S. The van der Waals surface area contributed by atoms with Gasteiger partial charge in [0.1, 0.15) is 5.82 Å². The maximum atomic E-state index is 12.7. The van der Waals surface area contributed by atoms with Crippen LogP contribution in [0.4, 0.5) is 5.69 Å². The second-order valence-electron chi connectivity index (χ2n) is 7.84. The molecule has 0 aliphatic rings. The Morgan fingerprint density at radius 3 is 2.48 bits per heavy atom. The van der Waals surface area contributed by atoms with Crippen LogP contribution in [0.5, 0.6) is 0 Å².